The number of amides is 2. The third-order valence-corrected chi connectivity index (χ3v) is 2.73. The Hall–Kier alpha value is -3.22. The SMILES string of the molecule is C=CCNC(=O)c1ccnc(Nc2cccc(NC(C)=O)c2)n1. The van der Waals surface area contributed by atoms with E-state index in [1.54, 1.807) is 30.3 Å². The molecule has 7 nitrogen and oxygen atoms in total. The fourth-order valence-electron chi connectivity index (χ4n) is 1.81. The number of hydrogen-bond acceptors (Lipinski definition) is 5. The van der Waals surface area contributed by atoms with Gasteiger partial charge in [0, 0.05) is 31.0 Å². The summed E-state index contributed by atoms with van der Waals surface area (Å²) < 4.78 is 0. The molecule has 0 atom stereocenters. The molecule has 2 amide bonds. The molecular weight excluding hydrogens is 294 g/mol. The zero-order valence-electron chi connectivity index (χ0n) is 12.7. The van der Waals surface area contributed by atoms with Gasteiger partial charge in [0.1, 0.15) is 5.69 Å². The van der Waals surface area contributed by atoms with Gasteiger partial charge in [-0.1, -0.05) is 12.1 Å². The highest BCUT2D eigenvalue weighted by Crippen LogP contribution is 2.18. The van der Waals surface area contributed by atoms with Crippen LogP contribution in [0, 0.1) is 0 Å². The number of hydrogen-bond donors (Lipinski definition) is 3. The molecule has 2 aromatic rings. The topological polar surface area (TPSA) is 96.0 Å². The minimum atomic E-state index is -0.303. The molecule has 0 fully saturated rings. The molecule has 1 heterocycles. The summed E-state index contributed by atoms with van der Waals surface area (Å²) in [4.78, 5) is 31.2. The molecule has 1 aromatic heterocycles. The van der Waals surface area contributed by atoms with Gasteiger partial charge in [-0.15, -0.1) is 6.58 Å². The lowest BCUT2D eigenvalue weighted by Gasteiger charge is -2.08. The lowest BCUT2D eigenvalue weighted by molar-refractivity contribution is -0.114. The highest BCUT2D eigenvalue weighted by Gasteiger charge is 2.08. The molecule has 2 rings (SSSR count). The highest BCUT2D eigenvalue weighted by molar-refractivity contribution is 5.92. The van der Waals surface area contributed by atoms with Crippen LogP contribution in [0.5, 0.6) is 0 Å². The largest absolute Gasteiger partial charge is 0.347 e. The Morgan fingerprint density at radius 2 is 2.04 bits per heavy atom. The molecule has 3 N–H and O–H groups in total. The quantitative estimate of drug-likeness (QED) is 0.710. The normalized spacial score (nSPS) is 9.78. The van der Waals surface area contributed by atoms with Gasteiger partial charge in [-0.05, 0) is 24.3 Å². The Labute approximate surface area is 133 Å². The summed E-state index contributed by atoms with van der Waals surface area (Å²) in [5.74, 6) is -0.169. The van der Waals surface area contributed by atoms with E-state index < -0.39 is 0 Å². The molecule has 0 unspecified atom stereocenters. The summed E-state index contributed by atoms with van der Waals surface area (Å²) in [6, 6.07) is 8.63. The van der Waals surface area contributed by atoms with Gasteiger partial charge in [-0.2, -0.15) is 0 Å². The van der Waals surface area contributed by atoms with Crippen molar-refractivity contribution in [3.63, 3.8) is 0 Å². The van der Waals surface area contributed by atoms with Crippen molar-refractivity contribution in [2.75, 3.05) is 17.2 Å². The Morgan fingerprint density at radius 1 is 1.26 bits per heavy atom. The van der Waals surface area contributed by atoms with Crippen LogP contribution in [0.4, 0.5) is 17.3 Å². The van der Waals surface area contributed by atoms with E-state index in [1.807, 2.05) is 0 Å². The lowest BCUT2D eigenvalue weighted by atomic mass is 10.2. The maximum atomic E-state index is 11.9. The van der Waals surface area contributed by atoms with Crippen LogP contribution in [0.25, 0.3) is 0 Å². The summed E-state index contributed by atoms with van der Waals surface area (Å²) in [5.41, 5.74) is 1.60. The van der Waals surface area contributed by atoms with E-state index in [-0.39, 0.29) is 23.5 Å². The summed E-state index contributed by atoms with van der Waals surface area (Å²) in [7, 11) is 0. The molecule has 1 aromatic carbocycles. The predicted molar refractivity (Wildman–Crippen MR) is 88.6 cm³/mol. The van der Waals surface area contributed by atoms with Crippen molar-refractivity contribution in [2.45, 2.75) is 6.92 Å². The Morgan fingerprint density at radius 3 is 2.78 bits per heavy atom. The van der Waals surface area contributed by atoms with Gasteiger partial charge in [0.05, 0.1) is 0 Å². The smallest absolute Gasteiger partial charge is 0.270 e. The highest BCUT2D eigenvalue weighted by atomic mass is 16.2. The maximum absolute atomic E-state index is 11.9. The fraction of sp³-hybridized carbons (Fsp3) is 0.125. The number of anilines is 3. The third kappa shape index (κ3) is 4.92. The lowest BCUT2D eigenvalue weighted by Crippen LogP contribution is -2.24. The van der Waals surface area contributed by atoms with Gasteiger partial charge in [0.2, 0.25) is 11.9 Å². The van der Waals surface area contributed by atoms with Gasteiger partial charge in [-0.3, -0.25) is 9.59 Å². The summed E-state index contributed by atoms with van der Waals surface area (Å²) in [5, 5.41) is 8.33. The number of nitrogens with one attached hydrogen (secondary N) is 3. The number of nitrogens with zero attached hydrogens (tertiary/aromatic N) is 2. The number of carbonyl (C=O) groups is 2. The van der Waals surface area contributed by atoms with Crippen molar-refractivity contribution >= 4 is 29.1 Å². The van der Waals surface area contributed by atoms with Crippen molar-refractivity contribution in [3.05, 3.63) is 54.9 Å². The van der Waals surface area contributed by atoms with E-state index in [9.17, 15) is 9.59 Å². The van der Waals surface area contributed by atoms with E-state index in [1.165, 1.54) is 19.2 Å². The monoisotopic (exact) mass is 311 g/mol. The zero-order valence-corrected chi connectivity index (χ0v) is 12.7. The molecule has 0 radical (unpaired) electrons. The molecule has 0 saturated heterocycles. The van der Waals surface area contributed by atoms with Gasteiger partial charge < -0.3 is 16.0 Å². The van der Waals surface area contributed by atoms with Crippen LogP contribution < -0.4 is 16.0 Å². The zero-order chi connectivity index (χ0) is 16.7. The number of carbonyl (C=O) groups excluding carboxylic acids is 2. The Bertz CT molecular complexity index is 730. The van der Waals surface area contributed by atoms with Crippen molar-refractivity contribution < 1.29 is 9.59 Å². The molecule has 0 aliphatic heterocycles. The average Bonchev–Trinajstić information content (AvgIpc) is 2.52. The fourth-order valence-corrected chi connectivity index (χ4v) is 1.81. The van der Waals surface area contributed by atoms with Gasteiger partial charge >= 0.3 is 0 Å². The van der Waals surface area contributed by atoms with E-state index in [0.717, 1.165) is 0 Å². The molecular formula is C16H17N5O2. The molecule has 0 aliphatic carbocycles. The number of rotatable bonds is 6. The Balaban J connectivity index is 2.12. The van der Waals surface area contributed by atoms with Crippen LogP contribution in [-0.4, -0.2) is 28.3 Å². The molecule has 118 valence electrons. The molecule has 23 heavy (non-hydrogen) atoms. The van der Waals surface area contributed by atoms with E-state index in [4.69, 9.17) is 0 Å². The summed E-state index contributed by atoms with van der Waals surface area (Å²) >= 11 is 0. The van der Waals surface area contributed by atoms with Crippen LogP contribution in [0.3, 0.4) is 0 Å². The number of aromatic nitrogens is 2. The van der Waals surface area contributed by atoms with E-state index in [0.29, 0.717) is 17.9 Å². The van der Waals surface area contributed by atoms with Crippen LogP contribution in [-0.2, 0) is 4.79 Å². The maximum Gasteiger partial charge on any atom is 0.270 e. The second-order valence-corrected chi connectivity index (χ2v) is 4.65. The first-order chi connectivity index (χ1) is 11.1. The van der Waals surface area contributed by atoms with E-state index >= 15 is 0 Å². The van der Waals surface area contributed by atoms with Gasteiger partial charge in [0.15, 0.2) is 0 Å². The predicted octanol–water partition coefficient (Wildman–Crippen LogP) is 2.09. The van der Waals surface area contributed by atoms with Crippen molar-refractivity contribution in [2.24, 2.45) is 0 Å². The molecule has 0 aliphatic rings. The number of benzene rings is 1. The summed E-state index contributed by atoms with van der Waals surface area (Å²) in [6.45, 7) is 5.34. The first-order valence-electron chi connectivity index (χ1n) is 6.95. The minimum Gasteiger partial charge on any atom is -0.347 e. The van der Waals surface area contributed by atoms with Crippen LogP contribution in [0.15, 0.2) is 49.2 Å². The molecule has 7 heteroatoms. The molecule has 0 spiro atoms. The van der Waals surface area contributed by atoms with Crippen molar-refractivity contribution in [1.82, 2.24) is 15.3 Å². The second kappa shape index (κ2) is 7.69. The van der Waals surface area contributed by atoms with Crippen molar-refractivity contribution in [3.8, 4) is 0 Å². The van der Waals surface area contributed by atoms with Crippen LogP contribution >= 0.6 is 0 Å². The van der Waals surface area contributed by atoms with Crippen molar-refractivity contribution in [1.29, 1.82) is 0 Å². The standard InChI is InChI=1S/C16H17N5O2/c1-3-8-17-15(23)14-7-9-18-16(21-14)20-13-6-4-5-12(10-13)19-11(2)22/h3-7,9-10H,1,8H2,2H3,(H,17,23)(H,19,22)(H,18,20,21). The second-order valence-electron chi connectivity index (χ2n) is 4.65. The first kappa shape index (κ1) is 16.2. The minimum absolute atomic E-state index is 0.153. The third-order valence-electron chi connectivity index (χ3n) is 2.73. The van der Waals surface area contributed by atoms with E-state index in [2.05, 4.69) is 32.5 Å². The van der Waals surface area contributed by atoms with Gasteiger partial charge in [-0.25, -0.2) is 9.97 Å². The first-order valence-corrected chi connectivity index (χ1v) is 6.95. The van der Waals surface area contributed by atoms with Gasteiger partial charge in [0.25, 0.3) is 5.91 Å². The van der Waals surface area contributed by atoms with Crippen LogP contribution in [0.1, 0.15) is 17.4 Å². The molecule has 0 bridgehead atoms. The van der Waals surface area contributed by atoms with Crippen LogP contribution in [0.2, 0.25) is 0 Å². The molecule has 0 saturated carbocycles. The summed E-state index contributed by atoms with van der Waals surface area (Å²) in [6.07, 6.45) is 3.08. The Kier molecular flexibility index (Phi) is 5.40. The average molecular weight is 311 g/mol.